The van der Waals surface area contributed by atoms with E-state index in [0.717, 1.165) is 102 Å². The lowest BCUT2D eigenvalue weighted by atomic mass is 9.99. The van der Waals surface area contributed by atoms with Gasteiger partial charge in [0.05, 0.1) is 26.4 Å². The summed E-state index contributed by atoms with van der Waals surface area (Å²) in [6, 6.07) is 0. The van der Waals surface area contributed by atoms with Crippen molar-refractivity contribution >= 4 is 39.5 Å². The van der Waals surface area contributed by atoms with Crippen LogP contribution in [0, 0.1) is 17.8 Å². The minimum Gasteiger partial charge on any atom is -0.462 e. The topological polar surface area (TPSA) is 237 Å². The second-order valence-electron chi connectivity index (χ2n) is 28.6. The summed E-state index contributed by atoms with van der Waals surface area (Å²) in [4.78, 5) is 72.7. The van der Waals surface area contributed by atoms with Gasteiger partial charge in [-0.3, -0.25) is 37.3 Å². The van der Waals surface area contributed by atoms with E-state index in [2.05, 4.69) is 48.5 Å². The average molecular weight is 1400 g/mol. The Bertz CT molecular complexity index is 1850. The summed E-state index contributed by atoms with van der Waals surface area (Å²) in [5, 5.41) is 10.6. The van der Waals surface area contributed by atoms with Gasteiger partial charge in [0.2, 0.25) is 0 Å². The van der Waals surface area contributed by atoms with Crippen molar-refractivity contribution in [3.05, 3.63) is 0 Å². The van der Waals surface area contributed by atoms with Crippen LogP contribution in [0.3, 0.4) is 0 Å². The zero-order valence-electron chi connectivity index (χ0n) is 62.1. The molecular formula is C76H148O17P2. The first kappa shape index (κ1) is 93.1. The number of carbonyl (C=O) groups excluding carboxylic acids is 4. The van der Waals surface area contributed by atoms with E-state index >= 15 is 0 Å². The van der Waals surface area contributed by atoms with Crippen LogP contribution in [-0.2, 0) is 65.4 Å². The van der Waals surface area contributed by atoms with E-state index < -0.39 is 97.5 Å². The van der Waals surface area contributed by atoms with Crippen molar-refractivity contribution in [1.82, 2.24) is 0 Å². The number of phosphoric acid groups is 2. The molecule has 0 aliphatic rings. The lowest BCUT2D eigenvalue weighted by Crippen LogP contribution is -2.30. The van der Waals surface area contributed by atoms with Crippen LogP contribution in [-0.4, -0.2) is 96.7 Å². The van der Waals surface area contributed by atoms with Crippen molar-refractivity contribution in [2.24, 2.45) is 17.8 Å². The molecule has 0 aliphatic heterocycles. The van der Waals surface area contributed by atoms with Gasteiger partial charge >= 0.3 is 39.5 Å². The van der Waals surface area contributed by atoms with E-state index in [4.69, 9.17) is 37.0 Å². The molecule has 0 bridgehead atoms. The third-order valence-electron chi connectivity index (χ3n) is 18.0. The Balaban J connectivity index is 5.19. The second kappa shape index (κ2) is 66.6. The lowest BCUT2D eigenvalue weighted by Gasteiger charge is -2.21. The summed E-state index contributed by atoms with van der Waals surface area (Å²) >= 11 is 0. The predicted molar refractivity (Wildman–Crippen MR) is 386 cm³/mol. The van der Waals surface area contributed by atoms with Gasteiger partial charge in [-0.1, -0.05) is 337 Å². The molecule has 3 unspecified atom stereocenters. The SMILES string of the molecule is CCCCCCCCCCCCCCCCCCCCCC(=O)O[C@H](COC(=O)CCCCCCCCCCCCCCCCC(C)CC)COP(=O)(O)OC[C@@H](O)COP(=O)(O)OC[C@@H](COC(=O)CCCCCCCCC(C)C)OC(=O)CCCCCCCCC(C)C. The quantitative estimate of drug-likeness (QED) is 0.0222. The van der Waals surface area contributed by atoms with Crippen LogP contribution in [0.25, 0.3) is 0 Å². The summed E-state index contributed by atoms with van der Waals surface area (Å²) in [6.45, 7) is 11.8. The highest BCUT2D eigenvalue weighted by Crippen LogP contribution is 2.45. The van der Waals surface area contributed by atoms with Crippen LogP contribution < -0.4 is 0 Å². The summed E-state index contributed by atoms with van der Waals surface area (Å²) in [7, 11) is -9.91. The smallest absolute Gasteiger partial charge is 0.462 e. The highest BCUT2D eigenvalue weighted by Gasteiger charge is 2.30. The van der Waals surface area contributed by atoms with Crippen molar-refractivity contribution < 1.29 is 80.2 Å². The van der Waals surface area contributed by atoms with Gasteiger partial charge in [-0.25, -0.2) is 9.13 Å². The maximum Gasteiger partial charge on any atom is 0.472 e. The predicted octanol–water partition coefficient (Wildman–Crippen LogP) is 22.2. The molecule has 0 spiro atoms. The molecule has 0 saturated carbocycles. The number of aliphatic hydroxyl groups excluding tert-OH is 1. The molecule has 0 amide bonds. The van der Waals surface area contributed by atoms with Crippen molar-refractivity contribution in [3.63, 3.8) is 0 Å². The molecule has 0 aromatic carbocycles. The van der Waals surface area contributed by atoms with E-state index in [-0.39, 0.29) is 25.7 Å². The second-order valence-corrected chi connectivity index (χ2v) is 31.5. The monoisotopic (exact) mass is 1400 g/mol. The standard InChI is InChI=1S/C76H148O17P2/c1-8-10-11-12-13-14-15-16-17-18-19-20-21-26-29-32-35-45-52-59-75(80)92-71(63-86-73(78)57-50-43-34-31-28-25-23-22-24-27-30-33-42-49-56-69(7)9-2)65-90-94(82,83)88-61-70(77)62-89-95(84,85)91-66-72(93-76(81)60-53-46-39-37-41-48-55-68(5)6)64-87-74(79)58-51-44-38-36-40-47-54-67(3)4/h67-72,77H,8-66H2,1-7H3,(H,82,83)(H,84,85)/t69?,70-,71-,72-/m1/s1. The Hall–Kier alpha value is -1.94. The third kappa shape index (κ3) is 69.0. The molecule has 17 nitrogen and oxygen atoms in total. The molecule has 0 aromatic heterocycles. The highest BCUT2D eigenvalue weighted by atomic mass is 31.2. The molecule has 0 heterocycles. The number of rotatable bonds is 74. The van der Waals surface area contributed by atoms with E-state index in [0.29, 0.717) is 37.5 Å². The number of unbranched alkanes of at least 4 members (excludes halogenated alkanes) is 41. The van der Waals surface area contributed by atoms with Crippen LogP contribution in [0.15, 0.2) is 0 Å². The summed E-state index contributed by atoms with van der Waals surface area (Å²) < 4.78 is 68.4. The Labute approximate surface area is 581 Å². The highest BCUT2D eigenvalue weighted by molar-refractivity contribution is 7.47. The third-order valence-corrected chi connectivity index (χ3v) is 19.9. The molecule has 0 rings (SSSR count). The number of aliphatic hydroxyl groups is 1. The molecule has 0 radical (unpaired) electrons. The number of ether oxygens (including phenoxy) is 4. The van der Waals surface area contributed by atoms with Crippen molar-refractivity contribution in [1.29, 1.82) is 0 Å². The van der Waals surface area contributed by atoms with Gasteiger partial charge in [0, 0.05) is 25.7 Å². The minimum atomic E-state index is -4.96. The van der Waals surface area contributed by atoms with Crippen LogP contribution in [0.1, 0.15) is 389 Å². The summed E-state index contributed by atoms with van der Waals surface area (Å²) in [6.07, 6.45) is 53.2. The molecule has 0 aromatic rings. The molecule has 0 aliphatic carbocycles. The zero-order valence-corrected chi connectivity index (χ0v) is 63.9. The normalized spacial score (nSPS) is 14.4. The van der Waals surface area contributed by atoms with Gasteiger partial charge in [0.25, 0.3) is 0 Å². The molecule has 6 atom stereocenters. The number of esters is 4. The van der Waals surface area contributed by atoms with Gasteiger partial charge < -0.3 is 33.8 Å². The summed E-state index contributed by atoms with van der Waals surface area (Å²) in [5.74, 6) is 0.0734. The number of carbonyl (C=O) groups is 4. The maximum atomic E-state index is 13.1. The first-order chi connectivity index (χ1) is 45.8. The van der Waals surface area contributed by atoms with Crippen molar-refractivity contribution in [3.8, 4) is 0 Å². The van der Waals surface area contributed by atoms with E-state index in [1.807, 2.05) is 0 Å². The van der Waals surface area contributed by atoms with Gasteiger partial charge in [-0.05, 0) is 43.4 Å². The molecule has 19 heteroatoms. The van der Waals surface area contributed by atoms with Crippen molar-refractivity contribution in [2.75, 3.05) is 39.6 Å². The number of hydrogen-bond acceptors (Lipinski definition) is 15. The summed E-state index contributed by atoms with van der Waals surface area (Å²) in [5.41, 5.74) is 0. The molecule has 564 valence electrons. The zero-order chi connectivity index (χ0) is 70.1. The van der Waals surface area contributed by atoms with E-state index in [9.17, 15) is 43.2 Å². The van der Waals surface area contributed by atoms with Crippen molar-refractivity contribution in [2.45, 2.75) is 407 Å². The minimum absolute atomic E-state index is 0.101. The Morgan fingerprint density at radius 3 is 0.800 bits per heavy atom. The molecule has 3 N–H and O–H groups in total. The fraction of sp³-hybridized carbons (Fsp3) is 0.947. The van der Waals surface area contributed by atoms with Gasteiger partial charge in [0.15, 0.2) is 12.2 Å². The Morgan fingerprint density at radius 1 is 0.305 bits per heavy atom. The fourth-order valence-corrected chi connectivity index (χ4v) is 13.1. The lowest BCUT2D eigenvalue weighted by molar-refractivity contribution is -0.161. The Morgan fingerprint density at radius 2 is 0.537 bits per heavy atom. The van der Waals surface area contributed by atoms with E-state index in [1.54, 1.807) is 0 Å². The number of phosphoric ester groups is 2. The maximum absolute atomic E-state index is 13.1. The van der Waals surface area contributed by atoms with Gasteiger partial charge in [-0.2, -0.15) is 0 Å². The van der Waals surface area contributed by atoms with Crippen LogP contribution in [0.4, 0.5) is 0 Å². The van der Waals surface area contributed by atoms with Crippen LogP contribution in [0.2, 0.25) is 0 Å². The van der Waals surface area contributed by atoms with Gasteiger partial charge in [0.1, 0.15) is 19.3 Å². The number of hydrogen-bond donors (Lipinski definition) is 3. The molecule has 95 heavy (non-hydrogen) atoms. The molecule has 0 saturated heterocycles. The Kier molecular flexibility index (Phi) is 65.2. The fourth-order valence-electron chi connectivity index (χ4n) is 11.6. The van der Waals surface area contributed by atoms with Crippen LogP contribution >= 0.6 is 15.6 Å². The first-order valence-corrected chi connectivity index (χ1v) is 42.4. The largest absolute Gasteiger partial charge is 0.472 e. The molecular weight excluding hydrogens is 1250 g/mol. The van der Waals surface area contributed by atoms with E-state index in [1.165, 1.54) is 193 Å². The first-order valence-electron chi connectivity index (χ1n) is 39.4. The molecule has 0 fully saturated rings. The average Bonchev–Trinajstić information content (AvgIpc) is 3.43. The van der Waals surface area contributed by atoms with Crippen LogP contribution in [0.5, 0.6) is 0 Å². The van der Waals surface area contributed by atoms with Gasteiger partial charge in [-0.15, -0.1) is 0 Å².